The highest BCUT2D eigenvalue weighted by molar-refractivity contribution is 7.98. The average Bonchev–Trinajstić information content (AvgIpc) is 2.62. The van der Waals surface area contributed by atoms with Gasteiger partial charge in [0.1, 0.15) is 11.5 Å². The van der Waals surface area contributed by atoms with Gasteiger partial charge in [-0.15, -0.1) is 0 Å². The second-order valence-electron chi connectivity index (χ2n) is 8.63. The second-order valence-corrected chi connectivity index (χ2v) is 11.0. The van der Waals surface area contributed by atoms with Crippen LogP contribution in [0.1, 0.15) is 74.7 Å². The summed E-state index contributed by atoms with van der Waals surface area (Å²) in [4.78, 5) is 13.3. The minimum atomic E-state index is -0.000421. The third-order valence-electron chi connectivity index (χ3n) is 5.61. The molecule has 3 heteroatoms. The fourth-order valence-corrected chi connectivity index (χ4v) is 7.10. The standard InChI is InChI=1S/C22H33O2S/c1-22(2,3)21(25-15-13-24-14-16-25)20(23)19-11-9-18(10-12-19)17-7-5-4-6-8-17/h9-12,17,21H,4-8,13-16H2,1-3H3/q+1. The van der Waals surface area contributed by atoms with Crippen LogP contribution in [0.3, 0.4) is 0 Å². The zero-order chi connectivity index (χ0) is 17.9. The number of hydrogen-bond acceptors (Lipinski definition) is 2. The fraction of sp³-hybridized carbons (Fsp3) is 0.682. The molecule has 1 saturated carbocycles. The van der Waals surface area contributed by atoms with Gasteiger partial charge in [0.25, 0.3) is 0 Å². The summed E-state index contributed by atoms with van der Waals surface area (Å²) in [6.07, 6.45) is 6.69. The average molecular weight is 362 g/mol. The molecule has 3 rings (SSSR count). The smallest absolute Gasteiger partial charge is 0.215 e. The van der Waals surface area contributed by atoms with E-state index in [1.54, 1.807) is 0 Å². The molecule has 2 aliphatic rings. The van der Waals surface area contributed by atoms with Crippen molar-refractivity contribution in [2.45, 2.75) is 64.0 Å². The van der Waals surface area contributed by atoms with Gasteiger partial charge in [0.05, 0.1) is 13.2 Å². The summed E-state index contributed by atoms with van der Waals surface area (Å²) in [6.45, 7) is 8.27. The van der Waals surface area contributed by atoms with Crippen molar-refractivity contribution < 1.29 is 9.53 Å². The van der Waals surface area contributed by atoms with Gasteiger partial charge in [-0.3, -0.25) is 4.79 Å². The first-order chi connectivity index (χ1) is 12.0. The van der Waals surface area contributed by atoms with Crippen molar-refractivity contribution in [3.05, 3.63) is 35.4 Å². The van der Waals surface area contributed by atoms with E-state index in [0.717, 1.165) is 30.3 Å². The molecule has 1 aromatic rings. The van der Waals surface area contributed by atoms with Gasteiger partial charge in [-0.2, -0.15) is 0 Å². The van der Waals surface area contributed by atoms with Gasteiger partial charge in [-0.1, -0.05) is 64.3 Å². The number of carbonyl (C=O) groups excluding carboxylic acids is 1. The number of Topliss-reactive ketones (excluding diaryl/α,β-unsaturated/α-hetero) is 1. The zero-order valence-corrected chi connectivity index (χ0v) is 16.9. The lowest BCUT2D eigenvalue weighted by Gasteiger charge is -2.31. The van der Waals surface area contributed by atoms with Gasteiger partial charge in [0.15, 0.2) is 5.25 Å². The normalized spacial score (nSPS) is 21.9. The molecule has 2 nitrogen and oxygen atoms in total. The zero-order valence-electron chi connectivity index (χ0n) is 16.1. The Balaban J connectivity index is 1.77. The number of benzene rings is 1. The Morgan fingerprint density at radius 2 is 1.64 bits per heavy atom. The highest BCUT2D eigenvalue weighted by Crippen LogP contribution is 2.34. The summed E-state index contributed by atoms with van der Waals surface area (Å²) < 4.78 is 5.53. The van der Waals surface area contributed by atoms with Crippen LogP contribution in [0.15, 0.2) is 24.3 Å². The van der Waals surface area contributed by atoms with E-state index in [4.69, 9.17) is 4.74 Å². The first-order valence-corrected chi connectivity index (χ1v) is 11.5. The highest BCUT2D eigenvalue weighted by atomic mass is 32.2. The van der Waals surface area contributed by atoms with Crippen LogP contribution in [0.5, 0.6) is 0 Å². The van der Waals surface area contributed by atoms with Crippen molar-refractivity contribution in [1.29, 1.82) is 0 Å². The van der Waals surface area contributed by atoms with Gasteiger partial charge in [0, 0.05) is 21.9 Å². The molecule has 138 valence electrons. The van der Waals surface area contributed by atoms with Gasteiger partial charge < -0.3 is 4.74 Å². The molecule has 1 atom stereocenters. The Labute approximate surface area is 156 Å². The molecule has 0 amide bonds. The molecule has 1 saturated heterocycles. The predicted octanol–water partition coefficient (Wildman–Crippen LogP) is 4.98. The Kier molecular flexibility index (Phi) is 6.27. The summed E-state index contributed by atoms with van der Waals surface area (Å²) in [5.41, 5.74) is 2.33. The highest BCUT2D eigenvalue weighted by Gasteiger charge is 2.46. The quantitative estimate of drug-likeness (QED) is 0.558. The summed E-state index contributed by atoms with van der Waals surface area (Å²) >= 11 is 0. The van der Waals surface area contributed by atoms with Crippen LogP contribution >= 0.6 is 0 Å². The van der Waals surface area contributed by atoms with Gasteiger partial charge in [-0.25, -0.2) is 0 Å². The maximum Gasteiger partial charge on any atom is 0.215 e. The molecule has 2 fully saturated rings. The van der Waals surface area contributed by atoms with Gasteiger partial charge >= 0.3 is 0 Å². The van der Waals surface area contributed by atoms with E-state index < -0.39 is 0 Å². The third-order valence-corrected chi connectivity index (χ3v) is 8.58. The van der Waals surface area contributed by atoms with E-state index in [0.29, 0.717) is 11.7 Å². The number of carbonyl (C=O) groups is 1. The first-order valence-electron chi connectivity index (χ1n) is 9.85. The van der Waals surface area contributed by atoms with Crippen LogP contribution in [0.2, 0.25) is 0 Å². The molecule has 1 heterocycles. The number of rotatable bonds is 4. The van der Waals surface area contributed by atoms with E-state index in [1.807, 2.05) is 0 Å². The van der Waals surface area contributed by atoms with E-state index >= 15 is 0 Å². The topological polar surface area (TPSA) is 26.3 Å². The number of ether oxygens (including phenoxy) is 1. The summed E-state index contributed by atoms with van der Waals surface area (Å²) in [5, 5.41) is 0.108. The predicted molar refractivity (Wildman–Crippen MR) is 108 cm³/mol. The lowest BCUT2D eigenvalue weighted by atomic mass is 9.83. The van der Waals surface area contributed by atoms with Gasteiger partial charge in [0.2, 0.25) is 5.78 Å². The molecular formula is C22H33O2S+. The van der Waals surface area contributed by atoms with Crippen molar-refractivity contribution in [2.75, 3.05) is 24.7 Å². The molecular weight excluding hydrogens is 328 g/mol. The Bertz CT molecular complexity index is 561. The van der Waals surface area contributed by atoms with Crippen molar-refractivity contribution in [1.82, 2.24) is 0 Å². The Hall–Kier alpha value is -0.800. The van der Waals surface area contributed by atoms with Crippen molar-refractivity contribution in [2.24, 2.45) is 5.41 Å². The molecule has 0 spiro atoms. The van der Waals surface area contributed by atoms with E-state index in [-0.39, 0.29) is 21.6 Å². The summed E-state index contributed by atoms with van der Waals surface area (Å²) in [6, 6.07) is 8.62. The van der Waals surface area contributed by atoms with Crippen LogP contribution in [0.4, 0.5) is 0 Å². The van der Waals surface area contributed by atoms with Crippen LogP contribution in [0, 0.1) is 5.41 Å². The van der Waals surface area contributed by atoms with Gasteiger partial charge in [-0.05, 0) is 24.3 Å². The molecule has 1 aliphatic carbocycles. The second kappa shape index (κ2) is 8.26. The maximum absolute atomic E-state index is 13.3. The minimum absolute atomic E-state index is 0.000421. The Morgan fingerprint density at radius 3 is 2.20 bits per heavy atom. The van der Waals surface area contributed by atoms with E-state index in [2.05, 4.69) is 45.0 Å². The van der Waals surface area contributed by atoms with E-state index in [1.165, 1.54) is 37.7 Å². The number of hydrogen-bond donors (Lipinski definition) is 0. The fourth-order valence-electron chi connectivity index (χ4n) is 4.32. The molecule has 0 bridgehead atoms. The molecule has 25 heavy (non-hydrogen) atoms. The molecule has 1 aliphatic heterocycles. The molecule has 0 N–H and O–H groups in total. The largest absolute Gasteiger partial charge is 0.372 e. The monoisotopic (exact) mass is 361 g/mol. The molecule has 1 unspecified atom stereocenters. The molecule has 0 aromatic heterocycles. The summed E-state index contributed by atoms with van der Waals surface area (Å²) in [7, 11) is 0.133. The lowest BCUT2D eigenvalue weighted by Crippen LogP contribution is -2.47. The first kappa shape index (κ1) is 19.0. The lowest BCUT2D eigenvalue weighted by molar-refractivity contribution is 0.0946. The number of ketones is 1. The SMILES string of the molecule is CC(C)(C)C(C(=O)c1ccc(C2CCCCC2)cc1)[S+]1CCOCC1. The van der Waals surface area contributed by atoms with Crippen LogP contribution < -0.4 is 0 Å². The van der Waals surface area contributed by atoms with Crippen molar-refractivity contribution >= 4 is 16.7 Å². The van der Waals surface area contributed by atoms with Crippen LogP contribution in [-0.2, 0) is 15.6 Å². The van der Waals surface area contributed by atoms with Crippen molar-refractivity contribution in [3.8, 4) is 0 Å². The molecule has 1 aromatic carbocycles. The minimum Gasteiger partial charge on any atom is -0.372 e. The van der Waals surface area contributed by atoms with Crippen LogP contribution in [0.25, 0.3) is 0 Å². The third kappa shape index (κ3) is 4.68. The Morgan fingerprint density at radius 1 is 1.04 bits per heavy atom. The summed E-state index contributed by atoms with van der Waals surface area (Å²) in [5.74, 6) is 3.11. The van der Waals surface area contributed by atoms with Crippen molar-refractivity contribution in [3.63, 3.8) is 0 Å². The van der Waals surface area contributed by atoms with Crippen LogP contribution in [-0.4, -0.2) is 35.8 Å². The van der Waals surface area contributed by atoms with E-state index in [9.17, 15) is 4.79 Å². The molecule has 0 radical (unpaired) electrons. The maximum atomic E-state index is 13.3.